The number of benzene rings is 1. The van der Waals surface area contributed by atoms with Gasteiger partial charge in [0, 0.05) is 6.54 Å². The van der Waals surface area contributed by atoms with E-state index < -0.39 is 17.4 Å². The van der Waals surface area contributed by atoms with E-state index in [1.165, 1.54) is 13.8 Å². The van der Waals surface area contributed by atoms with Gasteiger partial charge in [0.05, 0.1) is 20.6 Å². The van der Waals surface area contributed by atoms with E-state index in [4.69, 9.17) is 16.7 Å². The molecular weight excluding hydrogens is 336 g/mol. The van der Waals surface area contributed by atoms with Crippen LogP contribution in [0.3, 0.4) is 0 Å². The van der Waals surface area contributed by atoms with Gasteiger partial charge in [-0.05, 0) is 41.9 Å². The van der Waals surface area contributed by atoms with Gasteiger partial charge in [0.1, 0.15) is 0 Å². The van der Waals surface area contributed by atoms with Gasteiger partial charge in [-0.25, -0.2) is 4.79 Å². The largest absolute Gasteiger partial charge is 0.481 e. The first-order valence-electron chi connectivity index (χ1n) is 5.46. The van der Waals surface area contributed by atoms with Crippen LogP contribution < -0.4 is 10.6 Å². The van der Waals surface area contributed by atoms with Crippen LogP contribution in [0.5, 0.6) is 0 Å². The lowest BCUT2D eigenvalue weighted by Gasteiger charge is -2.19. The molecule has 1 rings (SSSR count). The summed E-state index contributed by atoms with van der Waals surface area (Å²) < 4.78 is 0.573. The second kappa shape index (κ2) is 6.25. The van der Waals surface area contributed by atoms with Crippen LogP contribution in [0.25, 0.3) is 0 Å². The van der Waals surface area contributed by atoms with Gasteiger partial charge in [-0.15, -0.1) is 0 Å². The molecule has 3 N–H and O–H groups in total. The number of amides is 2. The SMILES string of the molecule is CC(C)(CNC(=O)Nc1cccc(Cl)c1Br)C(=O)O. The molecule has 1 aromatic rings. The number of urea groups is 1. The Hall–Kier alpha value is -1.27. The van der Waals surface area contributed by atoms with Crippen LogP contribution in [-0.4, -0.2) is 23.7 Å². The van der Waals surface area contributed by atoms with Crippen LogP contribution in [0, 0.1) is 5.41 Å². The number of halogens is 2. The van der Waals surface area contributed by atoms with Gasteiger partial charge in [0.2, 0.25) is 0 Å². The van der Waals surface area contributed by atoms with Crippen molar-refractivity contribution in [2.75, 3.05) is 11.9 Å². The summed E-state index contributed by atoms with van der Waals surface area (Å²) in [7, 11) is 0. The van der Waals surface area contributed by atoms with E-state index >= 15 is 0 Å². The highest BCUT2D eigenvalue weighted by Crippen LogP contribution is 2.29. The van der Waals surface area contributed by atoms with Gasteiger partial charge >= 0.3 is 12.0 Å². The number of carboxylic acids is 1. The normalized spacial score (nSPS) is 10.9. The summed E-state index contributed by atoms with van der Waals surface area (Å²) in [6.45, 7) is 3.09. The Morgan fingerprint density at radius 1 is 1.42 bits per heavy atom. The first kappa shape index (κ1) is 15.8. The van der Waals surface area contributed by atoms with Crippen molar-refractivity contribution in [2.45, 2.75) is 13.8 Å². The number of aliphatic carboxylic acids is 1. The average molecular weight is 350 g/mol. The first-order chi connectivity index (χ1) is 8.74. The fraction of sp³-hybridized carbons (Fsp3) is 0.333. The highest BCUT2D eigenvalue weighted by molar-refractivity contribution is 9.10. The van der Waals surface area contributed by atoms with Gasteiger partial charge in [-0.2, -0.15) is 0 Å². The van der Waals surface area contributed by atoms with Crippen molar-refractivity contribution >= 4 is 45.2 Å². The molecule has 0 bridgehead atoms. The van der Waals surface area contributed by atoms with E-state index in [0.717, 1.165) is 0 Å². The maximum atomic E-state index is 11.7. The smallest absolute Gasteiger partial charge is 0.319 e. The molecule has 0 aliphatic heterocycles. The van der Waals surface area contributed by atoms with E-state index in [2.05, 4.69) is 26.6 Å². The topological polar surface area (TPSA) is 78.4 Å². The van der Waals surface area contributed by atoms with Crippen LogP contribution in [0.2, 0.25) is 5.02 Å². The van der Waals surface area contributed by atoms with Crippen molar-refractivity contribution in [3.8, 4) is 0 Å². The summed E-state index contributed by atoms with van der Waals surface area (Å²) in [6.07, 6.45) is 0. The molecular formula is C12H14BrClN2O3. The summed E-state index contributed by atoms with van der Waals surface area (Å²) in [5.74, 6) is -0.975. The summed E-state index contributed by atoms with van der Waals surface area (Å²) >= 11 is 9.15. The number of carbonyl (C=O) groups excluding carboxylic acids is 1. The summed E-state index contributed by atoms with van der Waals surface area (Å²) in [6, 6.07) is 4.57. The quantitative estimate of drug-likeness (QED) is 0.780. The number of rotatable bonds is 4. The molecule has 104 valence electrons. The molecule has 0 spiro atoms. The second-order valence-electron chi connectivity index (χ2n) is 4.60. The van der Waals surface area contributed by atoms with Gasteiger partial charge in [-0.3, -0.25) is 4.79 Å². The second-order valence-corrected chi connectivity index (χ2v) is 5.80. The highest BCUT2D eigenvalue weighted by Gasteiger charge is 2.27. The monoisotopic (exact) mass is 348 g/mol. The Bertz CT molecular complexity index is 506. The van der Waals surface area contributed by atoms with Crippen molar-refractivity contribution in [3.05, 3.63) is 27.7 Å². The number of hydrogen-bond donors (Lipinski definition) is 3. The van der Waals surface area contributed by atoms with Crippen molar-refractivity contribution < 1.29 is 14.7 Å². The molecule has 19 heavy (non-hydrogen) atoms. The van der Waals surface area contributed by atoms with Crippen LogP contribution >= 0.6 is 27.5 Å². The summed E-state index contributed by atoms with van der Waals surface area (Å²) in [5.41, 5.74) is -0.513. The minimum atomic E-state index is -1.02. The number of hydrogen-bond acceptors (Lipinski definition) is 2. The summed E-state index contributed by atoms with van der Waals surface area (Å²) in [5, 5.41) is 14.5. The Morgan fingerprint density at radius 2 is 2.05 bits per heavy atom. The zero-order chi connectivity index (χ0) is 14.6. The first-order valence-corrected chi connectivity index (χ1v) is 6.63. The van der Waals surface area contributed by atoms with Crippen LogP contribution in [0.1, 0.15) is 13.8 Å². The lowest BCUT2D eigenvalue weighted by molar-refractivity contribution is -0.146. The minimum absolute atomic E-state index is 0.0202. The molecule has 0 radical (unpaired) electrons. The van der Waals surface area contributed by atoms with E-state index in [1.54, 1.807) is 18.2 Å². The molecule has 0 aromatic heterocycles. The molecule has 0 aliphatic rings. The van der Waals surface area contributed by atoms with Crippen LogP contribution in [0.15, 0.2) is 22.7 Å². The highest BCUT2D eigenvalue weighted by atomic mass is 79.9. The third kappa shape index (κ3) is 4.40. The minimum Gasteiger partial charge on any atom is -0.481 e. The molecule has 0 aliphatic carbocycles. The zero-order valence-electron chi connectivity index (χ0n) is 10.5. The van der Waals surface area contributed by atoms with E-state index in [9.17, 15) is 9.59 Å². The van der Waals surface area contributed by atoms with E-state index in [0.29, 0.717) is 15.2 Å². The maximum Gasteiger partial charge on any atom is 0.319 e. The molecule has 7 heteroatoms. The molecule has 0 saturated carbocycles. The number of carbonyl (C=O) groups is 2. The summed E-state index contributed by atoms with van der Waals surface area (Å²) in [4.78, 5) is 22.6. The van der Waals surface area contributed by atoms with Crippen molar-refractivity contribution in [3.63, 3.8) is 0 Å². The molecule has 0 heterocycles. The predicted octanol–water partition coefficient (Wildman–Crippen LogP) is 3.33. The van der Waals surface area contributed by atoms with Crippen molar-refractivity contribution in [1.82, 2.24) is 5.32 Å². The fourth-order valence-electron chi connectivity index (χ4n) is 1.14. The third-order valence-electron chi connectivity index (χ3n) is 2.47. The molecule has 2 amide bonds. The predicted molar refractivity (Wildman–Crippen MR) is 77.6 cm³/mol. The van der Waals surface area contributed by atoms with E-state index in [1.807, 2.05) is 0 Å². The number of nitrogens with one attached hydrogen (secondary N) is 2. The lowest BCUT2D eigenvalue weighted by atomic mass is 9.94. The lowest BCUT2D eigenvalue weighted by Crippen LogP contribution is -2.40. The Balaban J connectivity index is 2.62. The van der Waals surface area contributed by atoms with Gasteiger partial charge in [0.25, 0.3) is 0 Å². The third-order valence-corrected chi connectivity index (χ3v) is 3.87. The van der Waals surface area contributed by atoms with Crippen LogP contribution in [0.4, 0.5) is 10.5 Å². The number of anilines is 1. The van der Waals surface area contributed by atoms with Gasteiger partial charge in [0.15, 0.2) is 0 Å². The van der Waals surface area contributed by atoms with Crippen molar-refractivity contribution in [2.24, 2.45) is 5.41 Å². The van der Waals surface area contributed by atoms with Crippen molar-refractivity contribution in [1.29, 1.82) is 0 Å². The zero-order valence-corrected chi connectivity index (χ0v) is 12.8. The molecule has 0 unspecified atom stereocenters. The van der Waals surface area contributed by atoms with Crippen LogP contribution in [-0.2, 0) is 4.79 Å². The fourth-order valence-corrected chi connectivity index (χ4v) is 1.68. The molecule has 0 saturated heterocycles. The maximum absolute atomic E-state index is 11.7. The van der Waals surface area contributed by atoms with E-state index in [-0.39, 0.29) is 6.54 Å². The Kier molecular flexibility index (Phi) is 5.20. The molecule has 0 atom stereocenters. The Morgan fingerprint density at radius 3 is 2.63 bits per heavy atom. The molecule has 0 fully saturated rings. The van der Waals surface area contributed by atoms with Gasteiger partial charge < -0.3 is 15.7 Å². The standard InChI is InChI=1S/C12H14BrClN2O3/c1-12(2,10(17)18)6-15-11(19)16-8-5-3-4-7(14)9(8)13/h3-5H,6H2,1-2H3,(H,17,18)(H2,15,16,19). The Labute approximate surface area is 124 Å². The van der Waals surface area contributed by atoms with Gasteiger partial charge in [-0.1, -0.05) is 17.7 Å². The molecule has 1 aromatic carbocycles. The molecule has 5 nitrogen and oxygen atoms in total. The number of carboxylic acid groups (broad SMARTS) is 1. The average Bonchev–Trinajstić information content (AvgIpc) is 2.32.